The Labute approximate surface area is 225 Å². The molecule has 0 radical (unpaired) electrons. The van der Waals surface area contributed by atoms with Crippen LogP contribution in [0.5, 0.6) is 0 Å². The first-order chi connectivity index (χ1) is 18.1. The van der Waals surface area contributed by atoms with Gasteiger partial charge in [0, 0.05) is 43.6 Å². The molecule has 38 heavy (non-hydrogen) atoms. The van der Waals surface area contributed by atoms with Crippen LogP contribution in [0.3, 0.4) is 0 Å². The molecule has 0 saturated carbocycles. The Bertz CT molecular complexity index is 1090. The van der Waals surface area contributed by atoms with Crippen molar-refractivity contribution in [1.82, 2.24) is 20.9 Å². The average molecular weight is 523 g/mol. The summed E-state index contributed by atoms with van der Waals surface area (Å²) in [7, 11) is 0. The quantitative estimate of drug-likeness (QED) is 0.366. The molecule has 0 bridgehead atoms. The lowest BCUT2D eigenvalue weighted by Gasteiger charge is -2.36. The zero-order valence-electron chi connectivity index (χ0n) is 22.7. The van der Waals surface area contributed by atoms with E-state index >= 15 is 0 Å². The van der Waals surface area contributed by atoms with Gasteiger partial charge in [0.1, 0.15) is 0 Å². The number of hydrogen-bond donors (Lipinski definition) is 5. The lowest BCUT2D eigenvalue weighted by molar-refractivity contribution is -0.127. The summed E-state index contributed by atoms with van der Waals surface area (Å²) in [5.41, 5.74) is 2.70. The van der Waals surface area contributed by atoms with Crippen LogP contribution in [-0.4, -0.2) is 70.5 Å². The number of nitrogens with zero attached hydrogens (tertiary/aromatic N) is 1. The van der Waals surface area contributed by atoms with Gasteiger partial charge in [0.25, 0.3) is 0 Å². The summed E-state index contributed by atoms with van der Waals surface area (Å²) in [5.74, 6) is -0.632. The number of benzene rings is 2. The number of aliphatic hydroxyl groups is 2. The van der Waals surface area contributed by atoms with Gasteiger partial charge in [-0.3, -0.25) is 4.79 Å². The van der Waals surface area contributed by atoms with Crippen LogP contribution >= 0.6 is 0 Å². The predicted octanol–water partition coefficient (Wildman–Crippen LogP) is 2.54. The molecule has 1 fully saturated rings. The molecule has 1 saturated heterocycles. The first kappa shape index (κ1) is 28.1. The van der Waals surface area contributed by atoms with Gasteiger partial charge in [-0.05, 0) is 56.7 Å². The standard InChI is InChI=1S/C30H42N4O4/c1-30(2,3)33-29(38)34-14-13-31-23(19-34)18-24(35)16-22(15-20-9-5-4-6-10-20)28(37)32-27-25-12-8-7-11-21(25)17-26(27)36/h4-12,22-24,26-27,31,35-36H,13-19H2,1-3H3,(H,32,37)(H,33,38)/t22?,23-,24?,26-,27-/m0/s1. The van der Waals surface area contributed by atoms with Crippen molar-refractivity contribution >= 4 is 11.9 Å². The molecule has 1 aliphatic carbocycles. The summed E-state index contributed by atoms with van der Waals surface area (Å²) >= 11 is 0. The zero-order valence-corrected chi connectivity index (χ0v) is 22.7. The molecular formula is C30H42N4O4. The van der Waals surface area contributed by atoms with Crippen LogP contribution in [0.4, 0.5) is 4.79 Å². The molecule has 1 aliphatic heterocycles. The summed E-state index contributed by atoms with van der Waals surface area (Å²) in [6.07, 6.45) is 0.338. The second-order valence-electron chi connectivity index (χ2n) is 11.7. The predicted molar refractivity (Wildman–Crippen MR) is 148 cm³/mol. The summed E-state index contributed by atoms with van der Waals surface area (Å²) in [6, 6.07) is 17.0. The van der Waals surface area contributed by atoms with E-state index in [1.807, 2.05) is 75.4 Å². The molecule has 8 heteroatoms. The molecule has 2 aromatic rings. The molecule has 2 aliphatic rings. The van der Waals surface area contributed by atoms with Crippen molar-refractivity contribution in [3.63, 3.8) is 0 Å². The van der Waals surface area contributed by atoms with Gasteiger partial charge in [0.05, 0.1) is 18.2 Å². The number of rotatable bonds is 8. The number of amides is 3. The molecule has 2 aromatic carbocycles. The number of hydrogen-bond acceptors (Lipinski definition) is 5. The van der Waals surface area contributed by atoms with Crippen LogP contribution in [0, 0.1) is 5.92 Å². The minimum absolute atomic E-state index is 0.0616. The van der Waals surface area contributed by atoms with E-state index in [1.165, 1.54) is 0 Å². The van der Waals surface area contributed by atoms with Gasteiger partial charge in [-0.25, -0.2) is 4.79 Å². The monoisotopic (exact) mass is 522 g/mol. The fraction of sp³-hybridized carbons (Fsp3) is 0.533. The number of fused-ring (bicyclic) bond motifs is 1. The van der Waals surface area contributed by atoms with Gasteiger partial charge in [-0.15, -0.1) is 0 Å². The van der Waals surface area contributed by atoms with E-state index in [2.05, 4.69) is 16.0 Å². The van der Waals surface area contributed by atoms with Crippen molar-refractivity contribution in [2.75, 3.05) is 19.6 Å². The highest BCUT2D eigenvalue weighted by atomic mass is 16.3. The van der Waals surface area contributed by atoms with Crippen LogP contribution in [0.1, 0.15) is 56.3 Å². The molecule has 3 amide bonds. The van der Waals surface area contributed by atoms with Crippen molar-refractivity contribution in [1.29, 1.82) is 0 Å². The molecule has 1 heterocycles. The van der Waals surface area contributed by atoms with E-state index < -0.39 is 24.2 Å². The minimum Gasteiger partial charge on any atom is -0.393 e. The summed E-state index contributed by atoms with van der Waals surface area (Å²) < 4.78 is 0. The van der Waals surface area contributed by atoms with Crippen molar-refractivity contribution in [3.8, 4) is 0 Å². The van der Waals surface area contributed by atoms with Crippen molar-refractivity contribution < 1.29 is 19.8 Å². The molecule has 0 aromatic heterocycles. The summed E-state index contributed by atoms with van der Waals surface area (Å²) in [4.78, 5) is 28.0. The molecule has 0 spiro atoms. The van der Waals surface area contributed by atoms with Crippen molar-refractivity contribution in [2.24, 2.45) is 5.92 Å². The van der Waals surface area contributed by atoms with E-state index in [0.29, 0.717) is 38.9 Å². The Hall–Kier alpha value is -2.94. The highest BCUT2D eigenvalue weighted by Gasteiger charge is 2.35. The average Bonchev–Trinajstić information content (AvgIpc) is 3.18. The van der Waals surface area contributed by atoms with Crippen molar-refractivity contribution in [2.45, 2.75) is 76.3 Å². The molecule has 8 nitrogen and oxygen atoms in total. The Kier molecular flexibility index (Phi) is 9.07. The van der Waals surface area contributed by atoms with Gasteiger partial charge in [-0.2, -0.15) is 0 Å². The number of urea groups is 1. The van der Waals surface area contributed by atoms with Gasteiger partial charge >= 0.3 is 6.03 Å². The third kappa shape index (κ3) is 7.56. The van der Waals surface area contributed by atoms with Gasteiger partial charge < -0.3 is 31.1 Å². The SMILES string of the molecule is CC(C)(C)NC(=O)N1CCN[C@@H](CC(O)CC(Cc2ccccc2)C(=O)N[C@H]2c3ccccc3C[C@@H]2O)C1. The van der Waals surface area contributed by atoms with E-state index in [4.69, 9.17) is 0 Å². The van der Waals surface area contributed by atoms with Crippen LogP contribution in [0.25, 0.3) is 0 Å². The summed E-state index contributed by atoms with van der Waals surface area (Å²) in [6.45, 7) is 7.63. The van der Waals surface area contributed by atoms with E-state index in [-0.39, 0.29) is 29.9 Å². The van der Waals surface area contributed by atoms with Gasteiger partial charge in [0.2, 0.25) is 5.91 Å². The fourth-order valence-electron chi connectivity index (χ4n) is 5.52. The molecular weight excluding hydrogens is 480 g/mol. The maximum Gasteiger partial charge on any atom is 0.317 e. The van der Waals surface area contributed by atoms with Crippen molar-refractivity contribution in [3.05, 3.63) is 71.3 Å². The van der Waals surface area contributed by atoms with E-state index in [9.17, 15) is 19.8 Å². The van der Waals surface area contributed by atoms with Gasteiger partial charge in [-0.1, -0.05) is 54.6 Å². The van der Waals surface area contributed by atoms with Crippen LogP contribution in [0.2, 0.25) is 0 Å². The number of carbonyl (C=O) groups is 2. The normalized spacial score (nSPS) is 22.9. The maximum atomic E-state index is 13.6. The Morgan fingerprint density at radius 2 is 1.82 bits per heavy atom. The molecule has 206 valence electrons. The second kappa shape index (κ2) is 12.3. The fourth-order valence-corrected chi connectivity index (χ4v) is 5.52. The molecule has 4 rings (SSSR count). The highest BCUT2D eigenvalue weighted by molar-refractivity contribution is 5.80. The lowest BCUT2D eigenvalue weighted by atomic mass is 9.90. The number of nitrogens with one attached hydrogen (secondary N) is 3. The Morgan fingerprint density at radius 1 is 1.11 bits per heavy atom. The minimum atomic E-state index is -0.724. The van der Waals surface area contributed by atoms with Crippen LogP contribution < -0.4 is 16.0 Å². The third-order valence-corrected chi connectivity index (χ3v) is 7.34. The smallest absolute Gasteiger partial charge is 0.317 e. The lowest BCUT2D eigenvalue weighted by Crippen LogP contribution is -2.58. The summed E-state index contributed by atoms with van der Waals surface area (Å²) in [5, 5.41) is 31.2. The number of aliphatic hydroxyl groups excluding tert-OH is 2. The number of piperazine rings is 1. The van der Waals surface area contributed by atoms with Crippen LogP contribution in [0.15, 0.2) is 54.6 Å². The largest absolute Gasteiger partial charge is 0.393 e. The third-order valence-electron chi connectivity index (χ3n) is 7.34. The maximum absolute atomic E-state index is 13.6. The Balaban J connectivity index is 1.40. The Morgan fingerprint density at radius 3 is 2.55 bits per heavy atom. The molecule has 2 unspecified atom stereocenters. The molecule has 5 N–H and O–H groups in total. The molecule has 5 atom stereocenters. The second-order valence-corrected chi connectivity index (χ2v) is 11.7. The zero-order chi connectivity index (χ0) is 27.3. The first-order valence-corrected chi connectivity index (χ1v) is 13.7. The number of carbonyl (C=O) groups excluding carboxylic acids is 2. The van der Waals surface area contributed by atoms with Gasteiger partial charge in [0.15, 0.2) is 0 Å². The highest BCUT2D eigenvalue weighted by Crippen LogP contribution is 2.32. The van der Waals surface area contributed by atoms with E-state index in [1.54, 1.807) is 4.90 Å². The first-order valence-electron chi connectivity index (χ1n) is 13.7. The van der Waals surface area contributed by atoms with Crippen LogP contribution in [-0.2, 0) is 17.6 Å². The van der Waals surface area contributed by atoms with E-state index in [0.717, 1.165) is 16.7 Å². The topological polar surface area (TPSA) is 114 Å².